The molecule has 0 heterocycles. The fraction of sp³-hybridized carbons (Fsp3) is 0.471. The number of nitrogens with one attached hydrogen (secondary N) is 1. The molecule has 0 saturated carbocycles. The summed E-state index contributed by atoms with van der Waals surface area (Å²) in [6.07, 6.45) is 0. The van der Waals surface area contributed by atoms with Gasteiger partial charge in [0, 0.05) is 18.7 Å². The first kappa shape index (κ1) is 18.4. The van der Waals surface area contributed by atoms with Gasteiger partial charge in [0.2, 0.25) is 0 Å². The lowest BCUT2D eigenvalue weighted by Gasteiger charge is -2.11. The van der Waals surface area contributed by atoms with Crippen molar-refractivity contribution in [2.45, 2.75) is 41.5 Å². The van der Waals surface area contributed by atoms with E-state index in [2.05, 4.69) is 33.0 Å². The van der Waals surface area contributed by atoms with Crippen LogP contribution in [0.4, 0.5) is 0 Å². The molecule has 0 aliphatic carbocycles. The molecular weight excluding hydrogens is 248 g/mol. The van der Waals surface area contributed by atoms with Gasteiger partial charge in [-0.05, 0) is 56.5 Å². The molecule has 20 heavy (non-hydrogen) atoms. The first-order chi connectivity index (χ1) is 9.47. The summed E-state index contributed by atoms with van der Waals surface area (Å²) in [6, 6.07) is 5.78. The third-order valence-electron chi connectivity index (χ3n) is 3.08. The number of nitrogens with two attached hydrogens (primary N) is 1. The number of rotatable bonds is 4. The van der Waals surface area contributed by atoms with Crippen molar-refractivity contribution < 1.29 is 4.79 Å². The summed E-state index contributed by atoms with van der Waals surface area (Å²) in [5.74, 6) is -0.0664. The van der Waals surface area contributed by atoms with Gasteiger partial charge >= 0.3 is 0 Å². The van der Waals surface area contributed by atoms with Gasteiger partial charge in [-0.3, -0.25) is 4.79 Å². The molecule has 0 aromatic heterocycles. The standard InChI is InChI=1S/C15H22N2O.C2H6/c1-10(2)12(4)14-9-13(6-5-11(14)3)15(18)17-8-7-16;1-2/h5-6,9H,7-8,16H2,1-4H3,(H,17,18);1-2H3. The van der Waals surface area contributed by atoms with Crippen LogP contribution in [0.1, 0.15) is 56.1 Å². The molecule has 1 aromatic rings. The highest BCUT2D eigenvalue weighted by Crippen LogP contribution is 2.22. The predicted octanol–water partition coefficient (Wildman–Crippen LogP) is 3.52. The molecule has 3 heteroatoms. The van der Waals surface area contributed by atoms with Crippen LogP contribution in [0.3, 0.4) is 0 Å². The topological polar surface area (TPSA) is 55.1 Å². The number of allylic oxidation sites excluding steroid dienone is 2. The van der Waals surface area contributed by atoms with Crippen LogP contribution < -0.4 is 11.1 Å². The summed E-state index contributed by atoms with van der Waals surface area (Å²) in [5, 5.41) is 2.78. The minimum atomic E-state index is -0.0664. The Morgan fingerprint density at radius 2 is 1.80 bits per heavy atom. The molecule has 0 unspecified atom stereocenters. The Balaban J connectivity index is 0.00000172. The summed E-state index contributed by atoms with van der Waals surface area (Å²) in [7, 11) is 0. The van der Waals surface area contributed by atoms with Gasteiger partial charge in [-0.1, -0.05) is 25.5 Å². The van der Waals surface area contributed by atoms with Gasteiger partial charge in [-0.2, -0.15) is 0 Å². The van der Waals surface area contributed by atoms with Crippen LogP contribution in [0.2, 0.25) is 0 Å². The van der Waals surface area contributed by atoms with Gasteiger partial charge in [0.1, 0.15) is 0 Å². The Morgan fingerprint density at radius 3 is 2.30 bits per heavy atom. The number of hydrogen-bond acceptors (Lipinski definition) is 2. The number of amides is 1. The van der Waals surface area contributed by atoms with E-state index in [1.807, 2.05) is 32.0 Å². The smallest absolute Gasteiger partial charge is 0.251 e. The fourth-order valence-electron chi connectivity index (χ4n) is 1.72. The van der Waals surface area contributed by atoms with Gasteiger partial charge in [-0.25, -0.2) is 0 Å². The summed E-state index contributed by atoms with van der Waals surface area (Å²) in [5.41, 5.74) is 10.9. The first-order valence-electron chi connectivity index (χ1n) is 7.20. The van der Waals surface area contributed by atoms with Crippen molar-refractivity contribution in [2.75, 3.05) is 13.1 Å². The molecule has 0 aliphatic heterocycles. The maximum Gasteiger partial charge on any atom is 0.251 e. The van der Waals surface area contributed by atoms with Crippen molar-refractivity contribution in [3.8, 4) is 0 Å². The van der Waals surface area contributed by atoms with Crippen LogP contribution in [-0.4, -0.2) is 19.0 Å². The van der Waals surface area contributed by atoms with Crippen LogP contribution in [-0.2, 0) is 0 Å². The lowest BCUT2D eigenvalue weighted by atomic mass is 9.96. The van der Waals surface area contributed by atoms with Gasteiger partial charge in [0.15, 0.2) is 0 Å². The molecular formula is C17H28N2O. The van der Waals surface area contributed by atoms with E-state index in [0.29, 0.717) is 18.7 Å². The van der Waals surface area contributed by atoms with E-state index in [0.717, 1.165) is 5.56 Å². The summed E-state index contributed by atoms with van der Waals surface area (Å²) >= 11 is 0. The second-order valence-electron chi connectivity index (χ2n) is 4.70. The van der Waals surface area contributed by atoms with Crippen molar-refractivity contribution in [1.82, 2.24) is 5.32 Å². The molecule has 0 fully saturated rings. The third kappa shape index (κ3) is 5.17. The molecule has 0 atom stereocenters. The number of hydrogen-bond donors (Lipinski definition) is 2. The quantitative estimate of drug-likeness (QED) is 0.884. The number of benzene rings is 1. The molecule has 0 bridgehead atoms. The molecule has 0 saturated heterocycles. The van der Waals surface area contributed by atoms with Crippen LogP contribution in [0.15, 0.2) is 23.8 Å². The van der Waals surface area contributed by atoms with E-state index < -0.39 is 0 Å². The fourth-order valence-corrected chi connectivity index (χ4v) is 1.72. The number of carbonyl (C=O) groups excluding carboxylic acids is 1. The normalized spacial score (nSPS) is 9.35. The molecule has 112 valence electrons. The second-order valence-corrected chi connectivity index (χ2v) is 4.70. The highest BCUT2D eigenvalue weighted by Gasteiger charge is 2.09. The largest absolute Gasteiger partial charge is 0.351 e. The van der Waals surface area contributed by atoms with Crippen molar-refractivity contribution in [2.24, 2.45) is 5.73 Å². The van der Waals surface area contributed by atoms with Crippen molar-refractivity contribution in [3.05, 3.63) is 40.5 Å². The lowest BCUT2D eigenvalue weighted by molar-refractivity contribution is 0.0954. The monoisotopic (exact) mass is 276 g/mol. The van der Waals surface area contributed by atoms with E-state index in [1.54, 1.807) is 0 Å². The van der Waals surface area contributed by atoms with Crippen LogP contribution in [0.5, 0.6) is 0 Å². The highest BCUT2D eigenvalue weighted by molar-refractivity contribution is 5.95. The van der Waals surface area contributed by atoms with Gasteiger partial charge in [0.25, 0.3) is 5.91 Å². The molecule has 3 nitrogen and oxygen atoms in total. The van der Waals surface area contributed by atoms with E-state index in [-0.39, 0.29) is 5.91 Å². The summed E-state index contributed by atoms with van der Waals surface area (Å²) in [4.78, 5) is 11.9. The van der Waals surface area contributed by atoms with Crippen molar-refractivity contribution in [1.29, 1.82) is 0 Å². The van der Waals surface area contributed by atoms with Crippen LogP contribution >= 0.6 is 0 Å². The lowest BCUT2D eigenvalue weighted by Crippen LogP contribution is -2.29. The average Bonchev–Trinajstić information content (AvgIpc) is 2.46. The Bertz CT molecular complexity index is 472. The first-order valence-corrected chi connectivity index (χ1v) is 7.20. The zero-order valence-electron chi connectivity index (χ0n) is 13.6. The number of aryl methyl sites for hydroxylation is 1. The average molecular weight is 276 g/mol. The zero-order chi connectivity index (χ0) is 15.7. The Morgan fingerprint density at radius 1 is 1.20 bits per heavy atom. The number of carbonyl (C=O) groups is 1. The highest BCUT2D eigenvalue weighted by atomic mass is 16.1. The van der Waals surface area contributed by atoms with Crippen molar-refractivity contribution >= 4 is 11.5 Å². The Hall–Kier alpha value is -1.61. The second kappa shape index (κ2) is 9.32. The Labute approximate surface area is 123 Å². The van der Waals surface area contributed by atoms with E-state index >= 15 is 0 Å². The van der Waals surface area contributed by atoms with Gasteiger partial charge < -0.3 is 11.1 Å². The van der Waals surface area contributed by atoms with Crippen LogP contribution in [0.25, 0.3) is 5.57 Å². The van der Waals surface area contributed by atoms with Crippen molar-refractivity contribution in [3.63, 3.8) is 0 Å². The SMILES string of the molecule is CC.CC(C)=C(C)c1cc(C(=O)NCCN)ccc1C. The molecule has 1 amide bonds. The van der Waals surface area contributed by atoms with E-state index in [4.69, 9.17) is 5.73 Å². The van der Waals surface area contributed by atoms with E-state index in [1.165, 1.54) is 16.7 Å². The zero-order valence-corrected chi connectivity index (χ0v) is 13.6. The predicted molar refractivity (Wildman–Crippen MR) is 87.9 cm³/mol. The molecule has 0 radical (unpaired) electrons. The summed E-state index contributed by atoms with van der Waals surface area (Å²) in [6.45, 7) is 13.3. The molecule has 1 rings (SSSR count). The van der Waals surface area contributed by atoms with Crippen LogP contribution in [0, 0.1) is 6.92 Å². The van der Waals surface area contributed by atoms with Gasteiger partial charge in [0.05, 0.1) is 0 Å². The van der Waals surface area contributed by atoms with Gasteiger partial charge in [-0.15, -0.1) is 0 Å². The molecule has 1 aromatic carbocycles. The summed E-state index contributed by atoms with van der Waals surface area (Å²) < 4.78 is 0. The third-order valence-corrected chi connectivity index (χ3v) is 3.08. The maximum atomic E-state index is 11.9. The molecule has 0 spiro atoms. The minimum absolute atomic E-state index is 0.0664. The van der Waals surface area contributed by atoms with E-state index in [9.17, 15) is 4.79 Å². The Kier molecular flexibility index (Phi) is 8.57. The minimum Gasteiger partial charge on any atom is -0.351 e. The molecule has 3 N–H and O–H groups in total. The maximum absolute atomic E-state index is 11.9. The molecule has 0 aliphatic rings.